The van der Waals surface area contributed by atoms with Crippen LogP contribution < -0.4 is 5.32 Å². The number of hydrogen-bond acceptors (Lipinski definition) is 4. The Kier molecular flexibility index (Phi) is 48.6. The largest absolute Gasteiger partial charge is 0.394 e. The van der Waals surface area contributed by atoms with Crippen LogP contribution in [0, 0.1) is 0 Å². The Hall–Kier alpha value is -1.69. The van der Waals surface area contributed by atoms with Gasteiger partial charge in [-0.05, 0) is 70.6 Å². The first-order valence-electron chi connectivity index (χ1n) is 26.5. The first-order valence-corrected chi connectivity index (χ1v) is 26.5. The maximum Gasteiger partial charge on any atom is 0.249 e. The van der Waals surface area contributed by atoms with Crippen molar-refractivity contribution in [3.63, 3.8) is 0 Å². The fraction of sp³-hybridized carbons (Fsp3) is 0.836. The molecule has 4 N–H and O–H groups in total. The Labute approximate surface area is 374 Å². The van der Waals surface area contributed by atoms with E-state index in [9.17, 15) is 20.1 Å². The van der Waals surface area contributed by atoms with Crippen molar-refractivity contribution in [3.05, 3.63) is 48.6 Å². The predicted molar refractivity (Wildman–Crippen MR) is 264 cm³/mol. The van der Waals surface area contributed by atoms with Crippen LogP contribution in [0.25, 0.3) is 0 Å². The second kappa shape index (κ2) is 50.0. The lowest BCUT2D eigenvalue weighted by Crippen LogP contribution is -2.48. The molecule has 3 atom stereocenters. The minimum Gasteiger partial charge on any atom is -0.394 e. The number of carbonyl (C=O) groups excluding carboxylic acids is 1. The molecule has 0 aliphatic rings. The van der Waals surface area contributed by atoms with E-state index in [1.54, 1.807) is 6.08 Å². The molecule has 0 radical (unpaired) electrons. The summed E-state index contributed by atoms with van der Waals surface area (Å²) in [7, 11) is 0. The van der Waals surface area contributed by atoms with Crippen molar-refractivity contribution in [1.29, 1.82) is 0 Å². The molecule has 3 unspecified atom stereocenters. The molecule has 60 heavy (non-hydrogen) atoms. The predicted octanol–water partition coefficient (Wildman–Crippen LogP) is 16.1. The minimum absolute atomic E-state index is 0.381. The van der Waals surface area contributed by atoms with Gasteiger partial charge in [-0.3, -0.25) is 4.79 Å². The summed E-state index contributed by atoms with van der Waals surface area (Å²) in [6, 6.07) is -0.821. The van der Waals surface area contributed by atoms with Gasteiger partial charge in [-0.25, -0.2) is 0 Å². The zero-order valence-electron chi connectivity index (χ0n) is 40.1. The lowest BCUT2D eigenvalue weighted by molar-refractivity contribution is -0.131. The number of nitrogens with one attached hydrogen (secondary N) is 1. The first-order chi connectivity index (χ1) is 29.6. The summed E-state index contributed by atoms with van der Waals surface area (Å²) in [5.41, 5.74) is 0. The third-order valence-electron chi connectivity index (χ3n) is 12.1. The van der Waals surface area contributed by atoms with Gasteiger partial charge < -0.3 is 20.6 Å². The van der Waals surface area contributed by atoms with Crippen LogP contribution in [0.15, 0.2) is 48.6 Å². The molecule has 0 aliphatic heterocycles. The highest BCUT2D eigenvalue weighted by Crippen LogP contribution is 2.16. The van der Waals surface area contributed by atoms with Crippen LogP contribution in [0.2, 0.25) is 0 Å². The van der Waals surface area contributed by atoms with Gasteiger partial charge in [-0.2, -0.15) is 0 Å². The monoisotopic (exact) mass is 842 g/mol. The van der Waals surface area contributed by atoms with E-state index >= 15 is 0 Å². The molecule has 0 aromatic rings. The molecule has 0 rings (SSSR count). The van der Waals surface area contributed by atoms with Crippen molar-refractivity contribution in [2.45, 2.75) is 289 Å². The molecule has 0 fully saturated rings. The third kappa shape index (κ3) is 44.4. The van der Waals surface area contributed by atoms with Crippen molar-refractivity contribution in [2.75, 3.05) is 6.61 Å². The van der Waals surface area contributed by atoms with E-state index in [0.717, 1.165) is 44.9 Å². The van der Waals surface area contributed by atoms with Crippen molar-refractivity contribution in [3.8, 4) is 0 Å². The summed E-state index contributed by atoms with van der Waals surface area (Å²) in [4.78, 5) is 12.5. The molecule has 0 spiro atoms. The van der Waals surface area contributed by atoms with Crippen LogP contribution in [0.3, 0.4) is 0 Å². The normalized spacial score (nSPS) is 13.8. The molecule has 0 heterocycles. The summed E-state index contributed by atoms with van der Waals surface area (Å²) in [6.45, 7) is 4.17. The van der Waals surface area contributed by atoms with Gasteiger partial charge >= 0.3 is 0 Å². The van der Waals surface area contributed by atoms with Gasteiger partial charge in [0.15, 0.2) is 0 Å². The molecule has 1 amide bonds. The van der Waals surface area contributed by atoms with E-state index in [4.69, 9.17) is 0 Å². The second-order valence-electron chi connectivity index (χ2n) is 18.1. The van der Waals surface area contributed by atoms with Gasteiger partial charge in [0.1, 0.15) is 6.10 Å². The van der Waals surface area contributed by atoms with Crippen molar-refractivity contribution in [2.24, 2.45) is 0 Å². The first kappa shape index (κ1) is 58.3. The van der Waals surface area contributed by atoms with Crippen LogP contribution in [-0.4, -0.2) is 46.1 Å². The maximum atomic E-state index is 12.5. The Balaban J connectivity index is 3.59. The zero-order chi connectivity index (χ0) is 43.7. The van der Waals surface area contributed by atoms with Gasteiger partial charge in [0.2, 0.25) is 5.91 Å². The molecule has 5 nitrogen and oxygen atoms in total. The SMILES string of the molecule is CCCCCCCC/C=C/CC/C=C/CC/C=C/C(O)C(CO)NC(=O)C(O)CCCCCCCCCCCCCCCC/C=C\CCCCCCCCCCCCCC. The van der Waals surface area contributed by atoms with Gasteiger partial charge in [-0.1, -0.05) is 249 Å². The Bertz CT molecular complexity index is 974. The second-order valence-corrected chi connectivity index (χ2v) is 18.1. The molecule has 0 saturated heterocycles. The lowest BCUT2D eigenvalue weighted by atomic mass is 10.0. The molecular weight excluding hydrogens is 739 g/mol. The van der Waals surface area contributed by atoms with Gasteiger partial charge in [0.25, 0.3) is 0 Å². The number of aliphatic hydroxyl groups excluding tert-OH is 3. The maximum absolute atomic E-state index is 12.5. The molecular formula is C55H103NO4. The summed E-state index contributed by atoms with van der Waals surface area (Å²) in [5.74, 6) is -0.516. The Morgan fingerprint density at radius 2 is 0.683 bits per heavy atom. The molecule has 0 aliphatic carbocycles. The molecule has 352 valence electrons. The number of hydrogen-bond donors (Lipinski definition) is 4. The Morgan fingerprint density at radius 3 is 1.02 bits per heavy atom. The van der Waals surface area contributed by atoms with Gasteiger partial charge in [-0.15, -0.1) is 0 Å². The van der Waals surface area contributed by atoms with Gasteiger partial charge in [0.05, 0.1) is 18.8 Å². The third-order valence-corrected chi connectivity index (χ3v) is 12.1. The fourth-order valence-electron chi connectivity index (χ4n) is 7.98. The number of rotatable bonds is 48. The number of unbranched alkanes of at least 4 members (excludes halogenated alkanes) is 34. The lowest BCUT2D eigenvalue weighted by Gasteiger charge is -2.21. The summed E-state index contributed by atoms with van der Waals surface area (Å²) < 4.78 is 0. The highest BCUT2D eigenvalue weighted by atomic mass is 16.3. The number of allylic oxidation sites excluding steroid dienone is 7. The molecule has 0 saturated carbocycles. The average Bonchev–Trinajstić information content (AvgIpc) is 3.25. The fourth-order valence-corrected chi connectivity index (χ4v) is 7.98. The molecule has 5 heteroatoms. The van der Waals surface area contributed by atoms with Gasteiger partial charge in [0, 0.05) is 0 Å². The van der Waals surface area contributed by atoms with E-state index in [-0.39, 0.29) is 6.61 Å². The molecule has 0 bridgehead atoms. The van der Waals surface area contributed by atoms with E-state index in [1.165, 1.54) is 205 Å². The smallest absolute Gasteiger partial charge is 0.249 e. The van der Waals surface area contributed by atoms with Crippen molar-refractivity contribution < 1.29 is 20.1 Å². The topological polar surface area (TPSA) is 89.8 Å². The van der Waals surface area contributed by atoms with E-state index in [0.29, 0.717) is 6.42 Å². The van der Waals surface area contributed by atoms with Crippen LogP contribution in [0.4, 0.5) is 0 Å². The molecule has 0 aromatic heterocycles. The number of aliphatic hydroxyl groups is 3. The summed E-state index contributed by atoms with van der Waals surface area (Å²) in [6.07, 6.45) is 66.1. The van der Waals surface area contributed by atoms with Crippen molar-refractivity contribution >= 4 is 5.91 Å². The number of amides is 1. The summed E-state index contributed by atoms with van der Waals surface area (Å²) in [5, 5.41) is 33.2. The van der Waals surface area contributed by atoms with E-state index in [2.05, 4.69) is 55.6 Å². The highest BCUT2D eigenvalue weighted by Gasteiger charge is 2.22. The Morgan fingerprint density at radius 1 is 0.400 bits per heavy atom. The standard InChI is InChI=1S/C55H103NO4/c1-3-5-7-9-11-13-15-17-19-21-22-23-24-25-26-27-28-29-30-31-32-33-34-36-38-40-42-44-46-48-50-54(59)55(60)56-52(51-57)53(58)49-47-45-43-41-39-37-35-20-18-16-14-12-10-8-6-4-2/h18,20,25-26,39,41,47,49,52-54,57-59H,3-17,19,21-24,27-38,40,42-46,48,50-51H2,1-2H3,(H,56,60)/b20-18+,26-25-,41-39+,49-47+. The zero-order valence-corrected chi connectivity index (χ0v) is 40.1. The average molecular weight is 842 g/mol. The molecule has 0 aromatic carbocycles. The van der Waals surface area contributed by atoms with E-state index < -0.39 is 24.2 Å². The van der Waals surface area contributed by atoms with Crippen LogP contribution in [0.5, 0.6) is 0 Å². The van der Waals surface area contributed by atoms with E-state index in [1.807, 2.05) is 6.08 Å². The summed E-state index contributed by atoms with van der Waals surface area (Å²) >= 11 is 0. The van der Waals surface area contributed by atoms with Crippen LogP contribution in [-0.2, 0) is 4.79 Å². The highest BCUT2D eigenvalue weighted by molar-refractivity contribution is 5.80. The minimum atomic E-state index is -1.11. The van der Waals surface area contributed by atoms with Crippen molar-refractivity contribution in [1.82, 2.24) is 5.32 Å². The van der Waals surface area contributed by atoms with Crippen LogP contribution >= 0.6 is 0 Å². The van der Waals surface area contributed by atoms with Crippen LogP contribution in [0.1, 0.15) is 271 Å². The quantitative estimate of drug-likeness (QED) is 0.0363. The number of carbonyl (C=O) groups is 1.